The quantitative estimate of drug-likeness (QED) is 0.162. The van der Waals surface area contributed by atoms with Crippen LogP contribution in [0.1, 0.15) is 228 Å². The van der Waals surface area contributed by atoms with Crippen molar-refractivity contribution in [3.8, 4) is 0 Å². The van der Waals surface area contributed by atoms with Crippen LogP contribution in [0.25, 0.3) is 0 Å². The van der Waals surface area contributed by atoms with E-state index in [1.165, 1.54) is 77.4 Å². The Morgan fingerprint density at radius 1 is 0.408 bits per heavy atom. The first kappa shape index (κ1) is 83.9. The summed E-state index contributed by atoms with van der Waals surface area (Å²) in [6, 6.07) is 9.91. The Hall–Kier alpha value is -3.17. The van der Waals surface area contributed by atoms with Gasteiger partial charge in [-0.15, -0.1) is 0 Å². The van der Waals surface area contributed by atoms with E-state index < -0.39 is 0 Å². The molecule has 16 atom stereocenters. The van der Waals surface area contributed by atoms with Gasteiger partial charge in [0.2, 0.25) is 29.5 Å². The number of rotatable bonds is 8. The van der Waals surface area contributed by atoms with E-state index in [4.69, 9.17) is 14.2 Å². The van der Waals surface area contributed by atoms with Gasteiger partial charge in [-0.2, -0.15) is 0 Å². The molecule has 6 N–H and O–H groups in total. The summed E-state index contributed by atoms with van der Waals surface area (Å²) in [4.78, 5) is 78.3. The lowest BCUT2D eigenvalue weighted by atomic mass is 9.98. The smallest absolute Gasteiger partial charge is 0.239 e. The van der Waals surface area contributed by atoms with Gasteiger partial charge in [-0.3, -0.25) is 48.5 Å². The van der Waals surface area contributed by atoms with E-state index in [0.29, 0.717) is 152 Å². The number of morpholine rings is 3. The van der Waals surface area contributed by atoms with Crippen molar-refractivity contribution in [2.45, 2.75) is 373 Å². The molecule has 0 saturated carbocycles. The number of nitrogens with zero attached hydrogens (tertiary/aromatic N) is 9. The number of carbonyl (C=O) groups excluding carboxylic acids is 5. The predicted octanol–water partition coefficient (Wildman–Crippen LogP) is 6.11. The monoisotopic (exact) mass is 1450 g/mol. The molecule has 23 heteroatoms. The van der Waals surface area contributed by atoms with Gasteiger partial charge in [0.1, 0.15) is 0 Å². The van der Waals surface area contributed by atoms with Crippen molar-refractivity contribution in [1.82, 2.24) is 76.0 Å². The lowest BCUT2D eigenvalue weighted by molar-refractivity contribution is -0.139. The standard InChI is InChI=1S/C10H18N2O.3C9H16N2O.C9H18N2O.2C9H17NO.C8H16N2.C8H15NO/c1-7(2)12-6-9-4-3-8(11-9)5-10(12)13;1-6(2)11-5-8-3-7(4-10-8)9(11)12;1-6(2)11-8-3-7(10-5-8)4-9(11)12;1-6(2)11-5-7-3-4-8(10-7)9(11)12;1-9(2,3)11-6-4-8(12)10-5-7-11;2*1-7(2)10-5-8-3-4-9(6-10)11-8;1-6(2)10-5-7-3-8(10)4-9-7;1-6(2)9-4-8-3-7(9)5-10-8/h7-9,11H,3-6H2,1-2H3;3*6-8,10H,3-5H2,1-2H3;4-7H2,1-3H3,(H,10,12);2*7-9H,3-6H2,1-2H3;6-9H,3-5H2,1-2H3;6-8H,3-5H2,1-2H3. The summed E-state index contributed by atoms with van der Waals surface area (Å²) in [5, 5.41) is 19.9. The fourth-order valence-electron chi connectivity index (χ4n) is 19.0. The summed E-state index contributed by atoms with van der Waals surface area (Å²) < 4.78 is 17.0. The lowest BCUT2D eigenvalue weighted by Crippen LogP contribution is -2.57. The van der Waals surface area contributed by atoms with Gasteiger partial charge in [0, 0.05) is 226 Å². The third kappa shape index (κ3) is 23.7. The Morgan fingerprint density at radius 2 is 0.903 bits per heavy atom. The molecule has 23 nitrogen and oxygen atoms in total. The lowest BCUT2D eigenvalue weighted by Gasteiger charge is -2.35. The molecule has 5 amide bonds. The molecule has 17 aliphatic heterocycles. The molecule has 0 radical (unpaired) electrons. The van der Waals surface area contributed by atoms with Crippen LogP contribution >= 0.6 is 0 Å². The zero-order chi connectivity index (χ0) is 74.7. The Bertz CT molecular complexity index is 2530. The molecule has 592 valence electrons. The van der Waals surface area contributed by atoms with E-state index in [-0.39, 0.29) is 23.4 Å². The highest BCUT2D eigenvalue weighted by molar-refractivity contribution is 5.84. The van der Waals surface area contributed by atoms with E-state index >= 15 is 0 Å². The highest BCUT2D eigenvalue weighted by Crippen LogP contribution is 2.33. The number of fused-ring (bicyclic) bond motifs is 16. The van der Waals surface area contributed by atoms with Crippen molar-refractivity contribution in [1.29, 1.82) is 0 Å². The predicted molar refractivity (Wildman–Crippen MR) is 412 cm³/mol. The third-order valence-electron chi connectivity index (χ3n) is 25.0. The number of hydrogen-bond donors (Lipinski definition) is 6. The van der Waals surface area contributed by atoms with Crippen LogP contribution < -0.4 is 31.9 Å². The van der Waals surface area contributed by atoms with Crippen LogP contribution in [0.3, 0.4) is 0 Å². The number of nitrogens with one attached hydrogen (secondary N) is 6. The molecule has 17 fully saturated rings. The minimum Gasteiger partial charge on any atom is -0.375 e. The van der Waals surface area contributed by atoms with Crippen LogP contribution in [0, 0.1) is 5.92 Å². The maximum absolute atomic E-state index is 11.7. The number of carbonyl (C=O) groups is 5. The second-order valence-electron chi connectivity index (χ2n) is 36.5. The molecule has 17 heterocycles. The average Bonchev–Trinajstić information content (AvgIpc) is 1.70. The molecular formula is C80H149N15O8. The maximum atomic E-state index is 11.7. The van der Waals surface area contributed by atoms with Crippen molar-refractivity contribution in [3.05, 3.63) is 0 Å². The maximum Gasteiger partial charge on any atom is 0.239 e. The van der Waals surface area contributed by atoms with E-state index in [1.807, 2.05) is 19.6 Å². The summed E-state index contributed by atoms with van der Waals surface area (Å²) in [6.07, 6.45) is 19.5. The highest BCUT2D eigenvalue weighted by Gasteiger charge is 2.45. The minimum atomic E-state index is 0.131. The Labute approximate surface area is 624 Å². The second kappa shape index (κ2) is 38.5. The molecule has 0 aliphatic carbocycles. The first-order valence-corrected chi connectivity index (χ1v) is 41.6. The van der Waals surface area contributed by atoms with E-state index in [1.54, 1.807) is 0 Å². The van der Waals surface area contributed by atoms with Gasteiger partial charge in [0.05, 0.1) is 49.1 Å². The number of piperidine rings is 2. The molecule has 0 aromatic carbocycles. The van der Waals surface area contributed by atoms with E-state index in [2.05, 4.69) is 188 Å². The van der Waals surface area contributed by atoms with Crippen LogP contribution in [-0.2, 0) is 38.2 Å². The summed E-state index contributed by atoms with van der Waals surface area (Å²) in [5.41, 5.74) is 0.187. The van der Waals surface area contributed by atoms with Crippen molar-refractivity contribution >= 4 is 29.5 Å². The topological polar surface area (TPSA) is 214 Å². The van der Waals surface area contributed by atoms with Crippen molar-refractivity contribution in [2.24, 2.45) is 5.92 Å². The van der Waals surface area contributed by atoms with Crippen molar-refractivity contribution in [2.75, 3.05) is 105 Å². The van der Waals surface area contributed by atoms with Gasteiger partial charge in [-0.05, 0) is 209 Å². The van der Waals surface area contributed by atoms with Gasteiger partial charge >= 0.3 is 0 Å². The largest absolute Gasteiger partial charge is 0.375 e. The first-order chi connectivity index (χ1) is 48.8. The Balaban J connectivity index is 0.000000135. The van der Waals surface area contributed by atoms with Crippen molar-refractivity contribution < 1.29 is 38.2 Å². The zero-order valence-electron chi connectivity index (χ0n) is 68.1. The summed E-state index contributed by atoms with van der Waals surface area (Å²) in [6.45, 7) is 58.0. The molecule has 0 aromatic rings. The SMILES string of the molecule is CC(C)(C)N1CCNC(=O)CC1.CC(C)N1C(=O)CC2CC1CN2.CC(C)N1CC2CC(CN2)C1=O.CC(C)N1CC2CC1CN2.CC(C)N1CC2CC1CO2.CC(C)N1CC2CCC(C1)O2.CC(C)N1CC2CCC(C1)O2.CC(C)N1CC2CCC(CC1=O)N2.CC(C)N1CC2CCC(N2)C1=O. The fraction of sp³-hybridized carbons (Fsp3) is 0.938. The highest BCUT2D eigenvalue weighted by atomic mass is 16.5. The van der Waals surface area contributed by atoms with Crippen LogP contribution in [0.5, 0.6) is 0 Å². The number of hydrogen-bond acceptors (Lipinski definition) is 18. The van der Waals surface area contributed by atoms with Gasteiger partial charge in [-0.25, -0.2) is 0 Å². The number of ether oxygens (including phenoxy) is 3. The Morgan fingerprint density at radius 3 is 1.40 bits per heavy atom. The molecule has 17 rings (SSSR count). The summed E-state index contributed by atoms with van der Waals surface area (Å²) >= 11 is 0. The van der Waals surface area contributed by atoms with Gasteiger partial charge in [-0.1, -0.05) is 0 Å². The van der Waals surface area contributed by atoms with Gasteiger partial charge in [0.15, 0.2) is 0 Å². The summed E-state index contributed by atoms with van der Waals surface area (Å²) in [5.74, 6) is 1.77. The van der Waals surface area contributed by atoms with Crippen LogP contribution in [0.4, 0.5) is 0 Å². The van der Waals surface area contributed by atoms with E-state index in [0.717, 1.165) is 129 Å². The molecule has 17 saturated heterocycles. The van der Waals surface area contributed by atoms with Crippen LogP contribution in [-0.4, -0.2) is 323 Å². The molecule has 17 aliphatic rings. The van der Waals surface area contributed by atoms with Crippen molar-refractivity contribution in [3.63, 3.8) is 0 Å². The average molecular weight is 1450 g/mol. The first-order valence-electron chi connectivity index (χ1n) is 41.6. The molecule has 16 unspecified atom stereocenters. The van der Waals surface area contributed by atoms with Crippen LogP contribution in [0.15, 0.2) is 0 Å². The fourth-order valence-corrected chi connectivity index (χ4v) is 19.0. The zero-order valence-corrected chi connectivity index (χ0v) is 68.1. The normalized spacial score (nSPS) is 35.0. The van der Waals surface area contributed by atoms with Crippen LogP contribution in [0.2, 0.25) is 0 Å². The van der Waals surface area contributed by atoms with Gasteiger partial charge < -0.3 is 65.7 Å². The number of likely N-dealkylation sites (tertiary alicyclic amines) is 8. The second-order valence-corrected chi connectivity index (χ2v) is 36.5. The molecular weight excluding hydrogens is 1300 g/mol. The van der Waals surface area contributed by atoms with Gasteiger partial charge in [0.25, 0.3) is 0 Å². The number of piperazine rings is 2. The Kier molecular flexibility index (Phi) is 31.3. The van der Waals surface area contributed by atoms with E-state index in [9.17, 15) is 24.0 Å². The minimum absolute atomic E-state index is 0.131. The molecule has 0 aromatic heterocycles. The number of amides is 5. The molecule has 16 bridgehead atoms. The summed E-state index contributed by atoms with van der Waals surface area (Å²) in [7, 11) is 0. The molecule has 0 spiro atoms. The third-order valence-corrected chi connectivity index (χ3v) is 25.0. The molecule has 103 heavy (non-hydrogen) atoms.